The first-order chi connectivity index (χ1) is 14.0. The van der Waals surface area contributed by atoms with Crippen LogP contribution in [0.25, 0.3) is 0 Å². The van der Waals surface area contributed by atoms with E-state index in [9.17, 15) is 9.59 Å². The van der Waals surface area contributed by atoms with Gasteiger partial charge in [-0.1, -0.05) is 43.2 Å². The maximum Gasteiger partial charge on any atom is 0.258 e. The van der Waals surface area contributed by atoms with Gasteiger partial charge >= 0.3 is 0 Å². The minimum absolute atomic E-state index is 0.00956. The van der Waals surface area contributed by atoms with E-state index in [4.69, 9.17) is 4.74 Å². The van der Waals surface area contributed by atoms with Gasteiger partial charge in [-0.3, -0.25) is 9.59 Å². The van der Waals surface area contributed by atoms with Gasteiger partial charge < -0.3 is 15.0 Å². The Hall–Kier alpha value is -2.82. The van der Waals surface area contributed by atoms with E-state index < -0.39 is 0 Å². The van der Waals surface area contributed by atoms with Crippen LogP contribution in [0.15, 0.2) is 48.5 Å². The molecule has 1 saturated heterocycles. The highest BCUT2D eigenvalue weighted by atomic mass is 16.5. The summed E-state index contributed by atoms with van der Waals surface area (Å²) >= 11 is 0. The summed E-state index contributed by atoms with van der Waals surface area (Å²) in [4.78, 5) is 26.7. The fraction of sp³-hybridized carbons (Fsp3) is 0.417. The highest BCUT2D eigenvalue weighted by Gasteiger charge is 2.24. The number of piperidine rings is 1. The van der Waals surface area contributed by atoms with Crippen molar-refractivity contribution >= 4 is 11.8 Å². The molecule has 5 nitrogen and oxygen atoms in total. The van der Waals surface area contributed by atoms with Crippen molar-refractivity contribution in [3.05, 3.63) is 65.2 Å². The number of carbonyl (C=O) groups is 2. The number of hydrogen-bond acceptors (Lipinski definition) is 3. The van der Waals surface area contributed by atoms with Crippen LogP contribution in [0.3, 0.4) is 0 Å². The van der Waals surface area contributed by atoms with E-state index in [1.807, 2.05) is 60.4 Å². The van der Waals surface area contributed by atoms with Crippen LogP contribution in [0.4, 0.5) is 0 Å². The van der Waals surface area contributed by atoms with Gasteiger partial charge in [-0.05, 0) is 56.0 Å². The van der Waals surface area contributed by atoms with Gasteiger partial charge in [0.15, 0.2) is 6.61 Å². The zero-order valence-corrected chi connectivity index (χ0v) is 17.3. The van der Waals surface area contributed by atoms with Crippen molar-refractivity contribution in [1.29, 1.82) is 0 Å². The van der Waals surface area contributed by atoms with Crippen molar-refractivity contribution in [2.45, 2.75) is 45.6 Å². The molecule has 29 heavy (non-hydrogen) atoms. The van der Waals surface area contributed by atoms with Crippen LogP contribution < -0.4 is 10.1 Å². The quantitative estimate of drug-likeness (QED) is 0.778. The van der Waals surface area contributed by atoms with Gasteiger partial charge in [0, 0.05) is 24.7 Å². The first-order valence-electron chi connectivity index (χ1n) is 10.4. The van der Waals surface area contributed by atoms with Gasteiger partial charge in [0.2, 0.25) is 0 Å². The van der Waals surface area contributed by atoms with Crippen LogP contribution in [0, 0.1) is 6.92 Å². The molecule has 2 aromatic carbocycles. The monoisotopic (exact) mass is 394 g/mol. The number of aryl methyl sites for hydroxylation is 2. The third-order valence-corrected chi connectivity index (χ3v) is 5.28. The molecular weight excluding hydrogens is 364 g/mol. The number of ether oxygens (including phenoxy) is 1. The predicted octanol–water partition coefficient (Wildman–Crippen LogP) is 3.75. The van der Waals surface area contributed by atoms with Gasteiger partial charge in [-0.25, -0.2) is 0 Å². The highest BCUT2D eigenvalue weighted by molar-refractivity contribution is 5.94. The molecule has 3 rings (SSSR count). The summed E-state index contributed by atoms with van der Waals surface area (Å²) in [5.74, 6) is 0.647. The molecule has 0 bridgehead atoms. The van der Waals surface area contributed by atoms with Crippen LogP contribution in [0.1, 0.15) is 47.7 Å². The van der Waals surface area contributed by atoms with Gasteiger partial charge in [0.05, 0.1) is 0 Å². The normalized spacial score (nSPS) is 14.5. The largest absolute Gasteiger partial charge is 0.484 e. The molecule has 1 aliphatic heterocycles. The van der Waals surface area contributed by atoms with Crippen LogP contribution in [0.5, 0.6) is 5.75 Å². The molecule has 1 heterocycles. The Bertz CT molecular complexity index is 807. The standard InChI is InChI=1S/C24H30N2O3/c1-3-4-19-7-11-22(12-8-19)29-17-23(27)25-21-13-15-26(16-14-21)24(28)20-9-5-18(2)6-10-20/h5-12,21H,3-4,13-17H2,1-2H3,(H,25,27). The third kappa shape index (κ3) is 6.08. The topological polar surface area (TPSA) is 58.6 Å². The Kier molecular flexibility index (Phi) is 7.28. The summed E-state index contributed by atoms with van der Waals surface area (Å²) < 4.78 is 5.59. The summed E-state index contributed by atoms with van der Waals surface area (Å²) in [6, 6.07) is 15.6. The molecule has 0 unspecified atom stereocenters. The second-order valence-corrected chi connectivity index (χ2v) is 7.68. The average molecular weight is 395 g/mol. The van der Waals surface area contributed by atoms with E-state index in [1.54, 1.807) is 0 Å². The van der Waals surface area contributed by atoms with E-state index in [-0.39, 0.29) is 24.5 Å². The SMILES string of the molecule is CCCc1ccc(OCC(=O)NC2CCN(C(=O)c3ccc(C)cc3)CC2)cc1. The van der Waals surface area contributed by atoms with Gasteiger partial charge in [-0.15, -0.1) is 0 Å². The molecule has 2 amide bonds. The van der Waals surface area contributed by atoms with Crippen LogP contribution in [-0.4, -0.2) is 42.5 Å². The molecule has 5 heteroatoms. The number of nitrogens with one attached hydrogen (secondary N) is 1. The van der Waals surface area contributed by atoms with Crippen LogP contribution in [-0.2, 0) is 11.2 Å². The van der Waals surface area contributed by atoms with E-state index >= 15 is 0 Å². The molecule has 0 spiro atoms. The summed E-state index contributed by atoms with van der Waals surface area (Å²) in [5.41, 5.74) is 3.13. The highest BCUT2D eigenvalue weighted by Crippen LogP contribution is 2.16. The number of carbonyl (C=O) groups excluding carboxylic acids is 2. The van der Waals surface area contributed by atoms with Crippen molar-refractivity contribution in [3.63, 3.8) is 0 Å². The lowest BCUT2D eigenvalue weighted by Gasteiger charge is -2.32. The van der Waals surface area contributed by atoms with Gasteiger partial charge in [-0.2, -0.15) is 0 Å². The molecule has 0 saturated carbocycles. The zero-order valence-electron chi connectivity index (χ0n) is 17.3. The molecule has 2 aromatic rings. The Morgan fingerprint density at radius 3 is 2.31 bits per heavy atom. The lowest BCUT2D eigenvalue weighted by molar-refractivity contribution is -0.124. The fourth-order valence-corrected chi connectivity index (χ4v) is 3.56. The van der Waals surface area contributed by atoms with Gasteiger partial charge in [0.1, 0.15) is 5.75 Å². The average Bonchev–Trinajstić information content (AvgIpc) is 2.74. The summed E-state index contributed by atoms with van der Waals surface area (Å²) in [7, 11) is 0. The lowest BCUT2D eigenvalue weighted by atomic mass is 10.0. The fourth-order valence-electron chi connectivity index (χ4n) is 3.56. The van der Waals surface area contributed by atoms with Crippen molar-refractivity contribution in [2.24, 2.45) is 0 Å². The minimum Gasteiger partial charge on any atom is -0.484 e. The first kappa shape index (κ1) is 20.9. The number of benzene rings is 2. The van der Waals surface area contributed by atoms with E-state index in [0.717, 1.165) is 36.8 Å². The molecule has 1 aliphatic rings. The molecule has 1 fully saturated rings. The number of rotatable bonds is 7. The second-order valence-electron chi connectivity index (χ2n) is 7.68. The zero-order chi connectivity index (χ0) is 20.6. The molecular formula is C24H30N2O3. The Balaban J connectivity index is 1.40. The summed E-state index contributed by atoms with van der Waals surface area (Å²) in [5, 5.41) is 3.03. The number of nitrogens with zero attached hydrogens (tertiary/aromatic N) is 1. The van der Waals surface area contributed by atoms with Crippen LogP contribution in [0.2, 0.25) is 0 Å². The summed E-state index contributed by atoms with van der Waals surface area (Å²) in [6.07, 6.45) is 3.67. The molecule has 154 valence electrons. The Morgan fingerprint density at radius 2 is 1.69 bits per heavy atom. The summed E-state index contributed by atoms with van der Waals surface area (Å²) in [6.45, 7) is 5.47. The van der Waals surface area contributed by atoms with Crippen molar-refractivity contribution in [2.75, 3.05) is 19.7 Å². The van der Waals surface area contributed by atoms with E-state index in [2.05, 4.69) is 12.2 Å². The molecule has 1 N–H and O–H groups in total. The lowest BCUT2D eigenvalue weighted by Crippen LogP contribution is -2.47. The third-order valence-electron chi connectivity index (χ3n) is 5.28. The number of amides is 2. The Labute approximate surface area is 173 Å². The molecule has 0 aromatic heterocycles. The van der Waals surface area contributed by atoms with E-state index in [0.29, 0.717) is 18.8 Å². The Morgan fingerprint density at radius 1 is 1.03 bits per heavy atom. The number of hydrogen-bond donors (Lipinski definition) is 1. The first-order valence-corrected chi connectivity index (χ1v) is 10.4. The maximum absolute atomic E-state index is 12.6. The van der Waals surface area contributed by atoms with Crippen LogP contribution >= 0.6 is 0 Å². The minimum atomic E-state index is -0.119. The van der Waals surface area contributed by atoms with Crippen molar-refractivity contribution in [1.82, 2.24) is 10.2 Å². The maximum atomic E-state index is 12.6. The van der Waals surface area contributed by atoms with Crippen molar-refractivity contribution < 1.29 is 14.3 Å². The van der Waals surface area contributed by atoms with Crippen molar-refractivity contribution in [3.8, 4) is 5.75 Å². The second kappa shape index (κ2) is 10.1. The molecule has 0 radical (unpaired) electrons. The predicted molar refractivity (Wildman–Crippen MR) is 114 cm³/mol. The van der Waals surface area contributed by atoms with E-state index in [1.165, 1.54) is 5.56 Å². The molecule has 0 aliphatic carbocycles. The number of likely N-dealkylation sites (tertiary alicyclic amines) is 1. The molecule has 0 atom stereocenters. The van der Waals surface area contributed by atoms with Gasteiger partial charge in [0.25, 0.3) is 11.8 Å². The smallest absolute Gasteiger partial charge is 0.258 e.